The van der Waals surface area contributed by atoms with Gasteiger partial charge >= 0.3 is 0 Å². The number of hydrogen-bond acceptors (Lipinski definition) is 5. The third-order valence-electron chi connectivity index (χ3n) is 4.35. The number of likely N-dealkylation sites (tertiary alicyclic amines) is 1. The van der Waals surface area contributed by atoms with Crippen molar-refractivity contribution >= 4 is 11.6 Å². The smallest absolute Gasteiger partial charge is 0.269 e. The number of hydrogen-bond donors (Lipinski definition) is 0. The van der Waals surface area contributed by atoms with Crippen LogP contribution in [0.2, 0.25) is 0 Å². The van der Waals surface area contributed by atoms with Gasteiger partial charge in [0.15, 0.2) is 6.29 Å². The van der Waals surface area contributed by atoms with Crippen LogP contribution in [0.15, 0.2) is 24.3 Å². The molecule has 7 heteroatoms. The summed E-state index contributed by atoms with van der Waals surface area (Å²) in [4.78, 5) is 24.5. The van der Waals surface area contributed by atoms with Crippen molar-refractivity contribution in [1.29, 1.82) is 0 Å². The molecule has 2 aliphatic heterocycles. The maximum atomic E-state index is 12.5. The number of ether oxygens (including phenoxy) is 2. The zero-order valence-electron chi connectivity index (χ0n) is 12.8. The Labute approximate surface area is 134 Å². The number of nitro groups is 1. The highest BCUT2D eigenvalue weighted by molar-refractivity contribution is 5.79. The van der Waals surface area contributed by atoms with Gasteiger partial charge in [0.05, 0.1) is 24.6 Å². The number of nitro benzene ring substituents is 1. The quantitative estimate of drug-likeness (QED) is 0.623. The summed E-state index contributed by atoms with van der Waals surface area (Å²) in [5.41, 5.74) is 0.825. The van der Waals surface area contributed by atoms with Crippen molar-refractivity contribution in [2.75, 3.05) is 26.3 Å². The van der Waals surface area contributed by atoms with Gasteiger partial charge in [0.2, 0.25) is 5.91 Å². The Hall–Kier alpha value is -1.99. The lowest BCUT2D eigenvalue weighted by molar-refractivity contribution is -0.384. The summed E-state index contributed by atoms with van der Waals surface area (Å²) in [6.07, 6.45) is 2.02. The van der Waals surface area contributed by atoms with E-state index in [0.29, 0.717) is 19.8 Å². The minimum Gasteiger partial charge on any atom is -0.350 e. The van der Waals surface area contributed by atoms with Crippen LogP contribution < -0.4 is 0 Å². The maximum absolute atomic E-state index is 12.5. The molecule has 1 aromatic carbocycles. The second kappa shape index (κ2) is 7.06. The average molecular weight is 320 g/mol. The summed E-state index contributed by atoms with van der Waals surface area (Å²) >= 11 is 0. The van der Waals surface area contributed by atoms with E-state index in [2.05, 4.69) is 0 Å². The molecule has 3 rings (SSSR count). The molecule has 2 fully saturated rings. The van der Waals surface area contributed by atoms with Crippen molar-refractivity contribution in [2.24, 2.45) is 5.92 Å². The number of non-ortho nitro benzene ring substituents is 1. The Morgan fingerprint density at radius 2 is 1.96 bits per heavy atom. The molecule has 1 atom stereocenters. The topological polar surface area (TPSA) is 81.9 Å². The fraction of sp³-hybridized carbons (Fsp3) is 0.562. The van der Waals surface area contributed by atoms with E-state index < -0.39 is 4.92 Å². The van der Waals surface area contributed by atoms with E-state index in [1.807, 2.05) is 4.90 Å². The summed E-state index contributed by atoms with van der Waals surface area (Å²) in [6.45, 7) is 2.64. The molecule has 0 N–H and O–H groups in total. The van der Waals surface area contributed by atoms with Gasteiger partial charge in [-0.05, 0) is 18.4 Å². The van der Waals surface area contributed by atoms with Crippen LogP contribution in [-0.4, -0.2) is 48.3 Å². The second-order valence-electron chi connectivity index (χ2n) is 5.95. The number of carbonyl (C=O) groups is 1. The molecule has 2 saturated heterocycles. The number of carbonyl (C=O) groups excluding carboxylic acids is 1. The fourth-order valence-electron chi connectivity index (χ4n) is 3.13. The lowest BCUT2D eigenvalue weighted by Gasteiger charge is -2.34. The molecule has 7 nitrogen and oxygen atoms in total. The summed E-state index contributed by atoms with van der Waals surface area (Å²) in [5.74, 6) is 0.272. The lowest BCUT2D eigenvalue weighted by atomic mass is 9.96. The first-order chi connectivity index (χ1) is 11.1. The number of rotatable bonds is 4. The van der Waals surface area contributed by atoms with Crippen molar-refractivity contribution in [3.8, 4) is 0 Å². The molecule has 23 heavy (non-hydrogen) atoms. The van der Waals surface area contributed by atoms with Crippen LogP contribution in [0.4, 0.5) is 5.69 Å². The lowest BCUT2D eigenvalue weighted by Crippen LogP contribution is -2.44. The third-order valence-corrected chi connectivity index (χ3v) is 4.35. The third kappa shape index (κ3) is 3.86. The standard InChI is InChI=1S/C16H20N2O5/c19-15(10-12-3-5-14(6-4-12)18(20)21)17-7-1-2-13(11-17)16-22-8-9-23-16/h3-6,13,16H,1-2,7-11H2. The fourth-order valence-corrected chi connectivity index (χ4v) is 3.13. The number of amides is 1. The van der Waals surface area contributed by atoms with Crippen molar-refractivity contribution in [2.45, 2.75) is 25.6 Å². The number of piperidine rings is 1. The van der Waals surface area contributed by atoms with Crippen molar-refractivity contribution < 1.29 is 19.2 Å². The first kappa shape index (κ1) is 15.9. The summed E-state index contributed by atoms with van der Waals surface area (Å²) in [6, 6.07) is 6.14. The van der Waals surface area contributed by atoms with E-state index in [-0.39, 0.29) is 30.2 Å². The predicted octanol–water partition coefficient (Wildman–Crippen LogP) is 1.75. The molecule has 2 heterocycles. The van der Waals surface area contributed by atoms with Gasteiger partial charge in [-0.25, -0.2) is 0 Å². The highest BCUT2D eigenvalue weighted by Crippen LogP contribution is 2.25. The zero-order chi connectivity index (χ0) is 16.2. The van der Waals surface area contributed by atoms with Crippen LogP contribution in [0.1, 0.15) is 18.4 Å². The highest BCUT2D eigenvalue weighted by Gasteiger charge is 2.32. The first-order valence-corrected chi connectivity index (χ1v) is 7.88. The largest absolute Gasteiger partial charge is 0.350 e. The second-order valence-corrected chi connectivity index (χ2v) is 5.95. The van der Waals surface area contributed by atoms with Crippen LogP contribution in [-0.2, 0) is 20.7 Å². The monoisotopic (exact) mass is 320 g/mol. The number of benzene rings is 1. The summed E-state index contributed by atoms with van der Waals surface area (Å²) in [7, 11) is 0. The van der Waals surface area contributed by atoms with Gasteiger partial charge in [-0.3, -0.25) is 14.9 Å². The Morgan fingerprint density at radius 3 is 2.61 bits per heavy atom. The van der Waals surface area contributed by atoms with Crippen LogP contribution in [0.3, 0.4) is 0 Å². The van der Waals surface area contributed by atoms with Crippen molar-refractivity contribution in [1.82, 2.24) is 4.90 Å². The van der Waals surface area contributed by atoms with Crippen LogP contribution in [0.25, 0.3) is 0 Å². The molecule has 1 unspecified atom stereocenters. The van der Waals surface area contributed by atoms with Gasteiger partial charge in [-0.1, -0.05) is 12.1 Å². The maximum Gasteiger partial charge on any atom is 0.269 e. The van der Waals surface area contributed by atoms with E-state index in [4.69, 9.17) is 9.47 Å². The molecule has 1 aromatic rings. The normalized spacial score (nSPS) is 22.3. The van der Waals surface area contributed by atoms with Gasteiger partial charge < -0.3 is 14.4 Å². The summed E-state index contributed by atoms with van der Waals surface area (Å²) < 4.78 is 11.1. The van der Waals surface area contributed by atoms with Crippen LogP contribution in [0.5, 0.6) is 0 Å². The van der Waals surface area contributed by atoms with E-state index in [1.165, 1.54) is 12.1 Å². The molecule has 0 bridgehead atoms. The SMILES string of the molecule is O=C(Cc1ccc([N+](=O)[O-])cc1)N1CCCC(C2OCCO2)C1. The molecule has 1 amide bonds. The van der Waals surface area contributed by atoms with E-state index in [1.54, 1.807) is 12.1 Å². The molecule has 0 saturated carbocycles. The van der Waals surface area contributed by atoms with Crippen LogP contribution in [0, 0.1) is 16.0 Å². The van der Waals surface area contributed by atoms with Gasteiger partial charge in [0.1, 0.15) is 0 Å². The minimum atomic E-state index is -0.442. The molecule has 0 aliphatic carbocycles. The van der Waals surface area contributed by atoms with Crippen molar-refractivity contribution in [3.63, 3.8) is 0 Å². The first-order valence-electron chi connectivity index (χ1n) is 7.88. The summed E-state index contributed by atoms with van der Waals surface area (Å²) in [5, 5.41) is 10.7. The zero-order valence-corrected chi connectivity index (χ0v) is 12.8. The van der Waals surface area contributed by atoms with Crippen molar-refractivity contribution in [3.05, 3.63) is 39.9 Å². The molecular formula is C16H20N2O5. The molecular weight excluding hydrogens is 300 g/mol. The molecule has 2 aliphatic rings. The van der Waals surface area contributed by atoms with Gasteiger partial charge in [-0.2, -0.15) is 0 Å². The van der Waals surface area contributed by atoms with Gasteiger partial charge in [0, 0.05) is 31.1 Å². The van der Waals surface area contributed by atoms with E-state index in [0.717, 1.165) is 24.9 Å². The van der Waals surface area contributed by atoms with Gasteiger partial charge in [0.25, 0.3) is 5.69 Å². The average Bonchev–Trinajstić information content (AvgIpc) is 3.10. The molecule has 0 aromatic heterocycles. The van der Waals surface area contributed by atoms with Gasteiger partial charge in [-0.15, -0.1) is 0 Å². The van der Waals surface area contributed by atoms with E-state index in [9.17, 15) is 14.9 Å². The van der Waals surface area contributed by atoms with Crippen LogP contribution >= 0.6 is 0 Å². The Balaban J connectivity index is 1.57. The molecule has 124 valence electrons. The highest BCUT2D eigenvalue weighted by atomic mass is 16.7. The Morgan fingerprint density at radius 1 is 1.26 bits per heavy atom. The Bertz CT molecular complexity index is 568. The minimum absolute atomic E-state index is 0.0368. The Kier molecular flexibility index (Phi) is 4.88. The predicted molar refractivity (Wildman–Crippen MR) is 81.8 cm³/mol. The molecule has 0 radical (unpaired) electrons. The molecule has 0 spiro atoms. The number of nitrogens with zero attached hydrogens (tertiary/aromatic N) is 2. The van der Waals surface area contributed by atoms with E-state index >= 15 is 0 Å².